The van der Waals surface area contributed by atoms with E-state index < -0.39 is 0 Å². The molecule has 0 saturated carbocycles. The molecule has 1 aromatic heterocycles. The molecule has 2 rings (SSSR count). The van der Waals surface area contributed by atoms with E-state index in [9.17, 15) is 0 Å². The van der Waals surface area contributed by atoms with Crippen molar-refractivity contribution in [1.29, 1.82) is 0 Å². The van der Waals surface area contributed by atoms with Gasteiger partial charge < -0.3 is 4.42 Å². The molecule has 0 N–H and O–H groups in total. The standard InChI is InChI=1S/C11H10O/c1-2-4-7-10(6-3-1)11-8-5-9-12-11/h1,3-9H,2H2. The molecule has 60 valence electrons. The Kier molecular flexibility index (Phi) is 1.95. The minimum Gasteiger partial charge on any atom is -0.464 e. The van der Waals surface area contributed by atoms with Crippen LogP contribution in [0, 0.1) is 0 Å². The lowest BCUT2D eigenvalue weighted by Gasteiger charge is -1.93. The molecule has 0 amide bonds. The third-order valence-electron chi connectivity index (χ3n) is 1.79. The van der Waals surface area contributed by atoms with Gasteiger partial charge in [0.15, 0.2) is 0 Å². The van der Waals surface area contributed by atoms with Crippen LogP contribution in [-0.2, 0) is 0 Å². The van der Waals surface area contributed by atoms with E-state index in [1.165, 1.54) is 0 Å². The second kappa shape index (κ2) is 3.26. The Labute approximate surface area is 71.7 Å². The van der Waals surface area contributed by atoms with Crippen LogP contribution < -0.4 is 0 Å². The van der Waals surface area contributed by atoms with Gasteiger partial charge >= 0.3 is 0 Å². The summed E-state index contributed by atoms with van der Waals surface area (Å²) < 4.78 is 5.28. The van der Waals surface area contributed by atoms with Crippen molar-refractivity contribution in [1.82, 2.24) is 0 Å². The van der Waals surface area contributed by atoms with Gasteiger partial charge in [-0.15, -0.1) is 0 Å². The topological polar surface area (TPSA) is 13.1 Å². The van der Waals surface area contributed by atoms with E-state index in [1.807, 2.05) is 12.1 Å². The molecule has 0 radical (unpaired) electrons. The molecule has 1 nitrogen and oxygen atoms in total. The second-order valence-corrected chi connectivity index (χ2v) is 2.67. The van der Waals surface area contributed by atoms with Gasteiger partial charge in [0.2, 0.25) is 0 Å². The first kappa shape index (κ1) is 7.17. The number of furan rings is 1. The maximum absolute atomic E-state index is 5.28. The van der Waals surface area contributed by atoms with Gasteiger partial charge in [0.25, 0.3) is 0 Å². The lowest BCUT2D eigenvalue weighted by Crippen LogP contribution is -1.72. The van der Waals surface area contributed by atoms with Crippen molar-refractivity contribution in [2.45, 2.75) is 6.42 Å². The van der Waals surface area contributed by atoms with Crippen molar-refractivity contribution >= 4 is 5.57 Å². The third kappa shape index (κ3) is 1.40. The zero-order valence-electron chi connectivity index (χ0n) is 6.73. The Morgan fingerprint density at radius 1 is 1.25 bits per heavy atom. The fraction of sp³-hybridized carbons (Fsp3) is 0.0909. The average Bonchev–Trinajstić information content (AvgIpc) is 2.48. The smallest absolute Gasteiger partial charge is 0.133 e. The summed E-state index contributed by atoms with van der Waals surface area (Å²) in [5.41, 5.74) is 1.13. The molecular formula is C11H10O. The molecule has 1 heteroatoms. The molecule has 0 spiro atoms. The normalized spacial score (nSPS) is 15.8. The Morgan fingerprint density at radius 3 is 3.08 bits per heavy atom. The molecule has 1 aliphatic carbocycles. The summed E-state index contributed by atoms with van der Waals surface area (Å²) in [4.78, 5) is 0. The summed E-state index contributed by atoms with van der Waals surface area (Å²) in [6.45, 7) is 0. The summed E-state index contributed by atoms with van der Waals surface area (Å²) in [6, 6.07) is 3.87. The van der Waals surface area contributed by atoms with Crippen LogP contribution in [-0.4, -0.2) is 0 Å². The second-order valence-electron chi connectivity index (χ2n) is 2.67. The number of allylic oxidation sites excluding steroid dienone is 6. The third-order valence-corrected chi connectivity index (χ3v) is 1.79. The maximum Gasteiger partial charge on any atom is 0.133 e. The predicted molar refractivity (Wildman–Crippen MR) is 49.6 cm³/mol. The van der Waals surface area contributed by atoms with Gasteiger partial charge in [0.1, 0.15) is 5.76 Å². The first-order valence-corrected chi connectivity index (χ1v) is 4.04. The molecule has 0 saturated heterocycles. The van der Waals surface area contributed by atoms with Crippen LogP contribution in [0.4, 0.5) is 0 Å². The van der Waals surface area contributed by atoms with Crippen molar-refractivity contribution < 1.29 is 4.42 Å². The lowest BCUT2D eigenvalue weighted by atomic mass is 10.2. The van der Waals surface area contributed by atoms with E-state index in [0.717, 1.165) is 17.8 Å². The average molecular weight is 158 g/mol. The molecule has 0 unspecified atom stereocenters. The van der Waals surface area contributed by atoms with E-state index in [0.29, 0.717) is 0 Å². The van der Waals surface area contributed by atoms with Crippen molar-refractivity contribution in [3.8, 4) is 0 Å². The fourth-order valence-corrected chi connectivity index (χ4v) is 1.19. The quantitative estimate of drug-likeness (QED) is 0.611. The van der Waals surface area contributed by atoms with Crippen molar-refractivity contribution in [3.63, 3.8) is 0 Å². The van der Waals surface area contributed by atoms with Crippen LogP contribution in [0.1, 0.15) is 12.2 Å². The molecule has 1 aliphatic rings. The van der Waals surface area contributed by atoms with Crippen molar-refractivity contribution in [2.24, 2.45) is 0 Å². The van der Waals surface area contributed by atoms with Crippen LogP contribution in [0.3, 0.4) is 0 Å². The summed E-state index contributed by atoms with van der Waals surface area (Å²) in [6.07, 6.45) is 13.1. The van der Waals surface area contributed by atoms with Crippen molar-refractivity contribution in [2.75, 3.05) is 0 Å². The van der Waals surface area contributed by atoms with Crippen LogP contribution in [0.25, 0.3) is 5.57 Å². The summed E-state index contributed by atoms with van der Waals surface area (Å²) in [7, 11) is 0. The van der Waals surface area contributed by atoms with E-state index >= 15 is 0 Å². The fourth-order valence-electron chi connectivity index (χ4n) is 1.19. The minimum absolute atomic E-state index is 0.929. The van der Waals surface area contributed by atoms with Gasteiger partial charge in [-0.2, -0.15) is 0 Å². The highest BCUT2D eigenvalue weighted by molar-refractivity contribution is 5.72. The molecule has 1 heterocycles. The number of rotatable bonds is 1. The van der Waals surface area contributed by atoms with Crippen LogP contribution in [0.2, 0.25) is 0 Å². The SMILES string of the molecule is C1=CCC=CC(c2ccco2)=C1. The number of hydrogen-bond donors (Lipinski definition) is 0. The maximum atomic E-state index is 5.28. The molecule has 0 bridgehead atoms. The summed E-state index contributed by atoms with van der Waals surface area (Å²) >= 11 is 0. The van der Waals surface area contributed by atoms with Crippen LogP contribution >= 0.6 is 0 Å². The molecule has 0 aromatic carbocycles. The Morgan fingerprint density at radius 2 is 2.25 bits per heavy atom. The molecule has 0 aliphatic heterocycles. The van der Waals surface area contributed by atoms with E-state index in [4.69, 9.17) is 4.42 Å². The number of hydrogen-bond acceptors (Lipinski definition) is 1. The molecular weight excluding hydrogens is 148 g/mol. The highest BCUT2D eigenvalue weighted by Gasteiger charge is 1.99. The lowest BCUT2D eigenvalue weighted by molar-refractivity contribution is 0.554. The van der Waals surface area contributed by atoms with Gasteiger partial charge in [-0.1, -0.05) is 30.4 Å². The van der Waals surface area contributed by atoms with Gasteiger partial charge in [0, 0.05) is 5.57 Å². The van der Waals surface area contributed by atoms with E-state index in [-0.39, 0.29) is 0 Å². The minimum atomic E-state index is 0.929. The van der Waals surface area contributed by atoms with Gasteiger partial charge in [-0.25, -0.2) is 0 Å². The van der Waals surface area contributed by atoms with Gasteiger partial charge in [-0.05, 0) is 18.6 Å². The first-order valence-electron chi connectivity index (χ1n) is 4.04. The molecule has 1 aromatic rings. The zero-order valence-corrected chi connectivity index (χ0v) is 6.73. The summed E-state index contributed by atoms with van der Waals surface area (Å²) in [5, 5.41) is 0. The van der Waals surface area contributed by atoms with E-state index in [1.54, 1.807) is 6.26 Å². The highest BCUT2D eigenvalue weighted by atomic mass is 16.3. The summed E-state index contributed by atoms with van der Waals surface area (Å²) in [5.74, 6) is 0.929. The molecule has 12 heavy (non-hydrogen) atoms. The highest BCUT2D eigenvalue weighted by Crippen LogP contribution is 2.18. The van der Waals surface area contributed by atoms with Gasteiger partial charge in [-0.3, -0.25) is 0 Å². The molecule has 0 fully saturated rings. The van der Waals surface area contributed by atoms with Crippen LogP contribution in [0.15, 0.2) is 53.2 Å². The largest absolute Gasteiger partial charge is 0.464 e. The Bertz CT molecular complexity index is 326. The molecule has 0 atom stereocenters. The first-order chi connectivity index (χ1) is 5.97. The van der Waals surface area contributed by atoms with Crippen LogP contribution in [0.5, 0.6) is 0 Å². The Hall–Kier alpha value is -1.50. The monoisotopic (exact) mass is 158 g/mol. The van der Waals surface area contributed by atoms with Crippen molar-refractivity contribution in [3.05, 3.63) is 54.5 Å². The Balaban J connectivity index is 2.34. The van der Waals surface area contributed by atoms with Gasteiger partial charge in [0.05, 0.1) is 6.26 Å². The predicted octanol–water partition coefficient (Wildman–Crippen LogP) is 3.18. The zero-order chi connectivity index (χ0) is 8.23. The van der Waals surface area contributed by atoms with E-state index in [2.05, 4.69) is 30.4 Å².